The topological polar surface area (TPSA) is 66.5 Å². The van der Waals surface area contributed by atoms with Gasteiger partial charge in [0, 0.05) is 6.04 Å². The highest BCUT2D eigenvalue weighted by Crippen LogP contribution is 2.61. The number of rotatable bonds is 4. The zero-order valence-electron chi connectivity index (χ0n) is 16.4. The molecule has 1 N–H and O–H groups in total. The van der Waals surface area contributed by atoms with Crippen LogP contribution in [-0.4, -0.2) is 35.2 Å². The molecule has 0 radical (unpaired) electrons. The highest BCUT2D eigenvalue weighted by molar-refractivity contribution is 6.07. The van der Waals surface area contributed by atoms with Crippen LogP contribution in [0.5, 0.6) is 0 Å². The molecular formula is C22H32N2O3. The Balaban J connectivity index is 1.23. The van der Waals surface area contributed by atoms with Crippen LogP contribution in [0.15, 0.2) is 0 Å². The Morgan fingerprint density at radius 2 is 1.48 bits per heavy atom. The molecule has 5 nitrogen and oxygen atoms in total. The normalized spacial score (nSPS) is 43.7. The second-order valence-corrected chi connectivity index (χ2v) is 10.3. The number of nitrogens with one attached hydrogen (secondary N) is 1. The van der Waals surface area contributed by atoms with E-state index in [-0.39, 0.29) is 47.6 Å². The van der Waals surface area contributed by atoms with Crippen LogP contribution in [0, 0.1) is 35.0 Å². The van der Waals surface area contributed by atoms with Gasteiger partial charge in [-0.05, 0) is 81.5 Å². The van der Waals surface area contributed by atoms with Crippen molar-refractivity contribution in [1.29, 1.82) is 0 Å². The fourth-order valence-corrected chi connectivity index (χ4v) is 7.68. The van der Waals surface area contributed by atoms with Gasteiger partial charge >= 0.3 is 0 Å². The highest BCUT2D eigenvalue weighted by atomic mass is 16.2. The summed E-state index contributed by atoms with van der Waals surface area (Å²) >= 11 is 0. The molecule has 0 aromatic heterocycles. The Labute approximate surface area is 161 Å². The lowest BCUT2D eigenvalue weighted by Crippen LogP contribution is -2.57. The highest BCUT2D eigenvalue weighted by Gasteiger charge is 2.54. The van der Waals surface area contributed by atoms with Gasteiger partial charge in [0.2, 0.25) is 17.7 Å². The van der Waals surface area contributed by atoms with Crippen LogP contribution in [0.25, 0.3) is 0 Å². The number of likely N-dealkylation sites (tertiary alicyclic amines) is 1. The van der Waals surface area contributed by atoms with E-state index in [1.54, 1.807) is 0 Å². The maximum absolute atomic E-state index is 12.7. The van der Waals surface area contributed by atoms with Gasteiger partial charge in [-0.2, -0.15) is 0 Å². The number of nitrogens with zero attached hydrogens (tertiary/aromatic N) is 1. The minimum absolute atomic E-state index is 0.0820. The van der Waals surface area contributed by atoms with Gasteiger partial charge in [-0.3, -0.25) is 19.3 Å². The van der Waals surface area contributed by atoms with E-state index in [9.17, 15) is 14.4 Å². The van der Waals surface area contributed by atoms with E-state index in [0.29, 0.717) is 0 Å². The predicted octanol–water partition coefficient (Wildman–Crippen LogP) is 2.88. The van der Waals surface area contributed by atoms with Gasteiger partial charge in [0.25, 0.3) is 0 Å². The molecule has 1 aliphatic heterocycles. The van der Waals surface area contributed by atoms with Gasteiger partial charge < -0.3 is 5.32 Å². The molecule has 4 bridgehead atoms. The first-order chi connectivity index (χ1) is 12.9. The maximum atomic E-state index is 12.7. The summed E-state index contributed by atoms with van der Waals surface area (Å²) in [6.07, 6.45) is 11.5. The summed E-state index contributed by atoms with van der Waals surface area (Å²) in [7, 11) is 0. The van der Waals surface area contributed by atoms with Crippen molar-refractivity contribution in [1.82, 2.24) is 10.2 Å². The molecule has 3 unspecified atom stereocenters. The van der Waals surface area contributed by atoms with Gasteiger partial charge in [-0.15, -0.1) is 0 Å². The summed E-state index contributed by atoms with van der Waals surface area (Å²) in [6, 6.07) is 0.133. The lowest BCUT2D eigenvalue weighted by atomic mass is 9.48. The molecule has 0 aromatic rings. The van der Waals surface area contributed by atoms with Crippen LogP contribution in [0.2, 0.25) is 0 Å². The molecule has 0 aromatic carbocycles. The average Bonchev–Trinajstić information content (AvgIpc) is 2.86. The standard InChI is InChI=1S/C22H32N2O3/c1-13(22-9-14-6-15(10-22)8-16(7-14)11-22)23-19(25)12-24-20(26)17-4-2-3-5-18(17)21(24)27/h13-18H,2-12H2,1H3,(H,23,25). The average molecular weight is 373 g/mol. The van der Waals surface area contributed by atoms with Crippen molar-refractivity contribution in [2.24, 2.45) is 35.0 Å². The molecule has 1 heterocycles. The lowest BCUT2D eigenvalue weighted by Gasteiger charge is -2.59. The summed E-state index contributed by atoms with van der Waals surface area (Å²) in [5, 5.41) is 3.20. The van der Waals surface area contributed by atoms with Gasteiger partial charge in [0.1, 0.15) is 6.54 Å². The van der Waals surface area contributed by atoms with Crippen LogP contribution < -0.4 is 5.32 Å². The molecule has 6 aliphatic rings. The van der Waals surface area contributed by atoms with E-state index in [1.165, 1.54) is 43.4 Å². The van der Waals surface area contributed by atoms with Crippen LogP contribution in [0.4, 0.5) is 0 Å². The van der Waals surface area contributed by atoms with Gasteiger partial charge in [0.05, 0.1) is 11.8 Å². The fourth-order valence-electron chi connectivity index (χ4n) is 7.68. The van der Waals surface area contributed by atoms with Crippen molar-refractivity contribution in [3.63, 3.8) is 0 Å². The molecule has 5 aliphatic carbocycles. The molecule has 1 saturated heterocycles. The monoisotopic (exact) mass is 372 g/mol. The van der Waals surface area contributed by atoms with Crippen molar-refractivity contribution in [2.75, 3.05) is 6.54 Å². The summed E-state index contributed by atoms with van der Waals surface area (Å²) in [4.78, 5) is 39.2. The van der Waals surface area contributed by atoms with E-state index in [2.05, 4.69) is 12.2 Å². The van der Waals surface area contributed by atoms with Crippen LogP contribution in [0.3, 0.4) is 0 Å². The van der Waals surface area contributed by atoms with Crippen molar-refractivity contribution in [3.05, 3.63) is 0 Å². The zero-order chi connectivity index (χ0) is 18.8. The quantitative estimate of drug-likeness (QED) is 0.772. The van der Waals surface area contributed by atoms with E-state index in [1.807, 2.05) is 0 Å². The molecule has 6 fully saturated rings. The van der Waals surface area contributed by atoms with Gasteiger partial charge in [0.15, 0.2) is 0 Å². The van der Waals surface area contributed by atoms with E-state index < -0.39 is 0 Å². The second-order valence-electron chi connectivity index (χ2n) is 10.3. The predicted molar refractivity (Wildman–Crippen MR) is 100 cm³/mol. The first-order valence-corrected chi connectivity index (χ1v) is 11.1. The van der Waals surface area contributed by atoms with Crippen LogP contribution in [-0.2, 0) is 14.4 Å². The number of fused-ring (bicyclic) bond motifs is 1. The third-order valence-corrected chi connectivity index (χ3v) is 8.62. The largest absolute Gasteiger partial charge is 0.352 e. The molecule has 3 amide bonds. The molecule has 3 atom stereocenters. The summed E-state index contributed by atoms with van der Waals surface area (Å²) < 4.78 is 0. The maximum Gasteiger partial charge on any atom is 0.240 e. The molecule has 0 spiro atoms. The van der Waals surface area contributed by atoms with Gasteiger partial charge in [-0.25, -0.2) is 0 Å². The Kier molecular flexibility index (Phi) is 4.14. The molecule has 27 heavy (non-hydrogen) atoms. The van der Waals surface area contributed by atoms with Crippen LogP contribution >= 0.6 is 0 Å². The summed E-state index contributed by atoms with van der Waals surface area (Å²) in [6.45, 7) is 2.07. The first kappa shape index (κ1) is 17.7. The number of imide groups is 1. The molecular weight excluding hydrogens is 340 g/mol. The molecule has 6 rings (SSSR count). The fraction of sp³-hybridized carbons (Fsp3) is 0.864. The van der Waals surface area contributed by atoms with E-state index in [0.717, 1.165) is 43.4 Å². The van der Waals surface area contributed by atoms with Crippen molar-refractivity contribution in [3.8, 4) is 0 Å². The smallest absolute Gasteiger partial charge is 0.240 e. The Morgan fingerprint density at radius 1 is 1.00 bits per heavy atom. The summed E-state index contributed by atoms with van der Waals surface area (Å²) in [5.74, 6) is 1.84. The number of hydrogen-bond acceptors (Lipinski definition) is 3. The minimum Gasteiger partial charge on any atom is -0.352 e. The molecule has 5 saturated carbocycles. The van der Waals surface area contributed by atoms with E-state index in [4.69, 9.17) is 0 Å². The second kappa shape index (κ2) is 6.31. The first-order valence-electron chi connectivity index (χ1n) is 11.1. The van der Waals surface area contributed by atoms with E-state index >= 15 is 0 Å². The van der Waals surface area contributed by atoms with Crippen LogP contribution in [0.1, 0.15) is 71.1 Å². The number of carbonyl (C=O) groups excluding carboxylic acids is 3. The minimum atomic E-state index is -0.167. The molecule has 5 heteroatoms. The Bertz CT molecular complexity index is 613. The number of amides is 3. The number of carbonyl (C=O) groups is 3. The van der Waals surface area contributed by atoms with Crippen molar-refractivity contribution < 1.29 is 14.4 Å². The Morgan fingerprint density at radius 3 is 1.96 bits per heavy atom. The van der Waals surface area contributed by atoms with Crippen molar-refractivity contribution in [2.45, 2.75) is 77.2 Å². The zero-order valence-corrected chi connectivity index (χ0v) is 16.4. The SMILES string of the molecule is CC(NC(=O)CN1C(=O)C2CCCCC2C1=O)C12CC3CC(CC(C3)C1)C2. The molecule has 148 valence electrons. The third-order valence-electron chi connectivity index (χ3n) is 8.62. The van der Waals surface area contributed by atoms with Crippen molar-refractivity contribution >= 4 is 17.7 Å². The summed E-state index contributed by atoms with van der Waals surface area (Å²) in [5.41, 5.74) is 0.247. The number of hydrogen-bond donors (Lipinski definition) is 1. The lowest BCUT2D eigenvalue weighted by molar-refractivity contribution is -0.144. The Hall–Kier alpha value is -1.39. The third kappa shape index (κ3) is 2.84. The van der Waals surface area contributed by atoms with Gasteiger partial charge in [-0.1, -0.05) is 12.8 Å².